The molecule has 2 nitrogen and oxygen atoms in total. The summed E-state index contributed by atoms with van der Waals surface area (Å²) in [6.07, 6.45) is 1.62. The van der Waals surface area contributed by atoms with Crippen molar-refractivity contribution in [2.24, 2.45) is 0 Å². The van der Waals surface area contributed by atoms with Crippen LogP contribution in [0.5, 0.6) is 0 Å². The zero-order valence-electron chi connectivity index (χ0n) is 6.28. The molecular weight excluding hydrogens is 126 g/mol. The summed E-state index contributed by atoms with van der Waals surface area (Å²) < 4.78 is 0. The van der Waals surface area contributed by atoms with Crippen molar-refractivity contribution < 1.29 is 5.11 Å². The standard InChI is InChI=1S/C8H13NO/c1-2-3-4-5-8(10)6-9-7-8/h9-10H,4-7H2,1H3. The summed E-state index contributed by atoms with van der Waals surface area (Å²) in [7, 11) is 0. The van der Waals surface area contributed by atoms with Crippen molar-refractivity contribution in [3.63, 3.8) is 0 Å². The van der Waals surface area contributed by atoms with E-state index in [1.807, 2.05) is 6.92 Å². The summed E-state index contributed by atoms with van der Waals surface area (Å²) in [5, 5.41) is 12.5. The monoisotopic (exact) mass is 139 g/mol. The average Bonchev–Trinajstić information content (AvgIpc) is 1.85. The summed E-state index contributed by atoms with van der Waals surface area (Å²) >= 11 is 0. The van der Waals surface area contributed by atoms with Gasteiger partial charge in [0.1, 0.15) is 0 Å². The maximum atomic E-state index is 9.51. The van der Waals surface area contributed by atoms with Crippen LogP contribution in [0, 0.1) is 11.8 Å². The molecule has 0 aliphatic carbocycles. The molecule has 1 rings (SSSR count). The second-order valence-electron chi connectivity index (χ2n) is 2.75. The van der Waals surface area contributed by atoms with Crippen LogP contribution >= 0.6 is 0 Å². The van der Waals surface area contributed by atoms with E-state index in [-0.39, 0.29) is 0 Å². The van der Waals surface area contributed by atoms with Crippen LogP contribution in [0.15, 0.2) is 0 Å². The number of nitrogens with one attached hydrogen (secondary N) is 1. The molecule has 0 amide bonds. The Kier molecular flexibility index (Phi) is 2.31. The van der Waals surface area contributed by atoms with Gasteiger partial charge in [-0.2, -0.15) is 0 Å². The maximum Gasteiger partial charge on any atom is 0.0904 e. The van der Waals surface area contributed by atoms with Crippen LogP contribution in [-0.4, -0.2) is 23.8 Å². The Hall–Kier alpha value is -0.520. The largest absolute Gasteiger partial charge is 0.387 e. The molecule has 1 aliphatic rings. The second-order valence-corrected chi connectivity index (χ2v) is 2.75. The minimum absolute atomic E-state index is 0.441. The molecule has 1 aliphatic heterocycles. The third kappa shape index (κ3) is 1.73. The van der Waals surface area contributed by atoms with E-state index in [4.69, 9.17) is 0 Å². The number of β-amino-alcohol motifs (C(OH)–C–C–N with tert-alkyl or cyclic N) is 1. The quantitative estimate of drug-likeness (QED) is 0.533. The van der Waals surface area contributed by atoms with Crippen LogP contribution in [0.25, 0.3) is 0 Å². The molecular formula is C8H13NO. The van der Waals surface area contributed by atoms with Gasteiger partial charge >= 0.3 is 0 Å². The van der Waals surface area contributed by atoms with Crippen LogP contribution in [0.3, 0.4) is 0 Å². The molecule has 0 aromatic heterocycles. The van der Waals surface area contributed by atoms with Crippen molar-refractivity contribution in [2.75, 3.05) is 13.1 Å². The third-order valence-electron chi connectivity index (χ3n) is 1.80. The molecule has 2 heteroatoms. The first-order valence-corrected chi connectivity index (χ1v) is 3.59. The lowest BCUT2D eigenvalue weighted by molar-refractivity contribution is -0.0157. The fourth-order valence-corrected chi connectivity index (χ4v) is 1.01. The Morgan fingerprint density at radius 3 is 2.70 bits per heavy atom. The zero-order valence-corrected chi connectivity index (χ0v) is 6.28. The Balaban J connectivity index is 2.16. The van der Waals surface area contributed by atoms with Gasteiger partial charge in [0.2, 0.25) is 0 Å². The van der Waals surface area contributed by atoms with Gasteiger partial charge < -0.3 is 10.4 Å². The molecule has 2 N–H and O–H groups in total. The van der Waals surface area contributed by atoms with Gasteiger partial charge in [-0.05, 0) is 13.3 Å². The van der Waals surface area contributed by atoms with Gasteiger partial charge in [-0.25, -0.2) is 0 Å². The van der Waals surface area contributed by atoms with Crippen molar-refractivity contribution in [1.82, 2.24) is 5.32 Å². The van der Waals surface area contributed by atoms with Crippen LogP contribution in [0.4, 0.5) is 0 Å². The molecule has 0 aromatic carbocycles. The first-order chi connectivity index (χ1) is 4.77. The predicted octanol–water partition coefficient (Wildman–Crippen LogP) is 0.124. The van der Waals surface area contributed by atoms with Crippen molar-refractivity contribution >= 4 is 0 Å². The van der Waals surface area contributed by atoms with Crippen molar-refractivity contribution in [3.8, 4) is 11.8 Å². The molecule has 0 bridgehead atoms. The van der Waals surface area contributed by atoms with Crippen LogP contribution < -0.4 is 5.32 Å². The minimum Gasteiger partial charge on any atom is -0.387 e. The van der Waals surface area contributed by atoms with Crippen molar-refractivity contribution in [1.29, 1.82) is 0 Å². The summed E-state index contributed by atoms with van der Waals surface area (Å²) in [4.78, 5) is 0. The minimum atomic E-state index is -0.441. The second kappa shape index (κ2) is 3.05. The summed E-state index contributed by atoms with van der Waals surface area (Å²) in [5.74, 6) is 5.74. The Bertz CT molecular complexity index is 162. The highest BCUT2D eigenvalue weighted by Gasteiger charge is 2.32. The van der Waals surface area contributed by atoms with Gasteiger partial charge in [-0.3, -0.25) is 0 Å². The highest BCUT2D eigenvalue weighted by atomic mass is 16.3. The lowest BCUT2D eigenvalue weighted by Gasteiger charge is -2.37. The SMILES string of the molecule is CC#CCCC1(O)CNC1. The Morgan fingerprint density at radius 1 is 1.60 bits per heavy atom. The molecule has 0 aromatic rings. The van der Waals surface area contributed by atoms with Gasteiger partial charge in [-0.15, -0.1) is 11.8 Å². The van der Waals surface area contributed by atoms with E-state index in [9.17, 15) is 5.11 Å². The van der Waals surface area contributed by atoms with Crippen LogP contribution in [-0.2, 0) is 0 Å². The van der Waals surface area contributed by atoms with Crippen molar-refractivity contribution in [2.45, 2.75) is 25.4 Å². The van der Waals surface area contributed by atoms with E-state index < -0.39 is 5.60 Å². The molecule has 0 atom stereocenters. The Labute approximate surface area is 61.6 Å². The normalized spacial score (nSPS) is 20.6. The molecule has 0 spiro atoms. The lowest BCUT2D eigenvalue weighted by atomic mass is 9.92. The highest BCUT2D eigenvalue weighted by molar-refractivity contribution is 5.00. The van der Waals surface area contributed by atoms with Crippen LogP contribution in [0.1, 0.15) is 19.8 Å². The molecule has 56 valence electrons. The fourth-order valence-electron chi connectivity index (χ4n) is 1.01. The molecule has 1 heterocycles. The molecule has 1 fully saturated rings. The van der Waals surface area contributed by atoms with Crippen LogP contribution in [0.2, 0.25) is 0 Å². The van der Waals surface area contributed by atoms with E-state index in [2.05, 4.69) is 17.2 Å². The first-order valence-electron chi connectivity index (χ1n) is 3.59. The number of aliphatic hydroxyl groups is 1. The van der Waals surface area contributed by atoms with E-state index in [0.717, 1.165) is 25.9 Å². The predicted molar refractivity (Wildman–Crippen MR) is 40.5 cm³/mol. The summed E-state index contributed by atoms with van der Waals surface area (Å²) in [6.45, 7) is 3.29. The average molecular weight is 139 g/mol. The summed E-state index contributed by atoms with van der Waals surface area (Å²) in [6, 6.07) is 0. The number of hydrogen-bond acceptors (Lipinski definition) is 2. The van der Waals surface area contributed by atoms with E-state index in [0.29, 0.717) is 0 Å². The fraction of sp³-hybridized carbons (Fsp3) is 0.750. The maximum absolute atomic E-state index is 9.51. The van der Waals surface area contributed by atoms with Gasteiger partial charge in [0.25, 0.3) is 0 Å². The number of rotatable bonds is 2. The first kappa shape index (κ1) is 7.59. The van der Waals surface area contributed by atoms with E-state index >= 15 is 0 Å². The summed E-state index contributed by atoms with van der Waals surface area (Å²) in [5.41, 5.74) is -0.441. The highest BCUT2D eigenvalue weighted by Crippen LogP contribution is 2.16. The third-order valence-corrected chi connectivity index (χ3v) is 1.80. The molecule has 0 unspecified atom stereocenters. The van der Waals surface area contributed by atoms with E-state index in [1.165, 1.54) is 0 Å². The zero-order chi connectivity index (χ0) is 7.45. The molecule has 1 saturated heterocycles. The molecule has 0 radical (unpaired) electrons. The van der Waals surface area contributed by atoms with Gasteiger partial charge in [0.15, 0.2) is 0 Å². The van der Waals surface area contributed by atoms with Gasteiger partial charge in [-0.1, -0.05) is 0 Å². The number of hydrogen-bond donors (Lipinski definition) is 2. The van der Waals surface area contributed by atoms with Gasteiger partial charge in [0, 0.05) is 19.5 Å². The smallest absolute Gasteiger partial charge is 0.0904 e. The Morgan fingerprint density at radius 2 is 2.30 bits per heavy atom. The van der Waals surface area contributed by atoms with Gasteiger partial charge in [0.05, 0.1) is 5.60 Å². The van der Waals surface area contributed by atoms with Crippen molar-refractivity contribution in [3.05, 3.63) is 0 Å². The molecule has 0 saturated carbocycles. The lowest BCUT2D eigenvalue weighted by Crippen LogP contribution is -2.59. The topological polar surface area (TPSA) is 32.3 Å². The molecule has 10 heavy (non-hydrogen) atoms. The van der Waals surface area contributed by atoms with E-state index in [1.54, 1.807) is 0 Å².